The number of rotatable bonds is 6. The van der Waals surface area contributed by atoms with Gasteiger partial charge in [-0.2, -0.15) is 5.26 Å². The molecule has 0 aliphatic heterocycles. The summed E-state index contributed by atoms with van der Waals surface area (Å²) >= 11 is 5.89. The summed E-state index contributed by atoms with van der Waals surface area (Å²) in [5.41, 5.74) is 2.43. The summed E-state index contributed by atoms with van der Waals surface area (Å²) in [6.45, 7) is 6.15. The Balaban J connectivity index is 2.40. The van der Waals surface area contributed by atoms with Gasteiger partial charge < -0.3 is 9.47 Å². The van der Waals surface area contributed by atoms with Crippen LogP contribution >= 0.6 is 11.6 Å². The number of para-hydroxylation sites is 1. The number of nitrogens with zero attached hydrogens (tertiary/aromatic N) is 4. The summed E-state index contributed by atoms with van der Waals surface area (Å²) in [4.78, 5) is 6.93. The Morgan fingerprint density at radius 2 is 2.19 bits per heavy atom. The van der Waals surface area contributed by atoms with Gasteiger partial charge in [0.15, 0.2) is 0 Å². The highest BCUT2D eigenvalue weighted by Crippen LogP contribution is 2.20. The van der Waals surface area contributed by atoms with Crippen LogP contribution in [0, 0.1) is 11.3 Å². The Hall–Kier alpha value is -1.57. The van der Waals surface area contributed by atoms with E-state index in [1.807, 2.05) is 18.2 Å². The predicted molar refractivity (Wildman–Crippen MR) is 86.6 cm³/mol. The number of hydrogen-bond donors (Lipinski definition) is 0. The maximum atomic E-state index is 9.22. The van der Waals surface area contributed by atoms with E-state index in [1.165, 1.54) is 0 Å². The molecule has 0 spiro atoms. The number of benzene rings is 1. The normalized spacial score (nSPS) is 11.5. The molecular weight excluding hydrogens is 284 g/mol. The number of halogens is 1. The molecule has 112 valence electrons. The van der Waals surface area contributed by atoms with Crippen molar-refractivity contribution in [2.75, 3.05) is 19.5 Å². The largest absolute Gasteiger partial charge is 0.327 e. The van der Waals surface area contributed by atoms with E-state index in [9.17, 15) is 5.26 Å². The highest BCUT2D eigenvalue weighted by Gasteiger charge is 2.14. The van der Waals surface area contributed by atoms with Gasteiger partial charge in [0.25, 0.3) is 0 Å². The van der Waals surface area contributed by atoms with Crippen molar-refractivity contribution >= 4 is 22.6 Å². The number of aryl methyl sites for hydroxylation is 1. The Morgan fingerprint density at radius 3 is 2.81 bits per heavy atom. The maximum absolute atomic E-state index is 9.22. The standard InChI is InChI=1S/C16H21ClN4/c1-12(2)20(3)9-10-21-14-6-4-5-13(11-18)16(14)19-15(21)7-8-17/h4-6,12H,7-10H2,1-3H3. The van der Waals surface area contributed by atoms with Crippen molar-refractivity contribution in [2.45, 2.75) is 32.9 Å². The van der Waals surface area contributed by atoms with Crippen LogP contribution in [-0.4, -0.2) is 40.0 Å². The Morgan fingerprint density at radius 1 is 1.43 bits per heavy atom. The first-order valence-electron chi connectivity index (χ1n) is 7.23. The van der Waals surface area contributed by atoms with Crippen molar-refractivity contribution in [3.05, 3.63) is 29.6 Å². The lowest BCUT2D eigenvalue weighted by atomic mass is 10.2. The van der Waals surface area contributed by atoms with Crippen LogP contribution < -0.4 is 0 Å². The lowest BCUT2D eigenvalue weighted by Crippen LogP contribution is -2.30. The van der Waals surface area contributed by atoms with E-state index in [-0.39, 0.29) is 0 Å². The fourth-order valence-electron chi connectivity index (χ4n) is 2.33. The topological polar surface area (TPSA) is 44.9 Å². The van der Waals surface area contributed by atoms with Crippen LogP contribution in [0.4, 0.5) is 0 Å². The van der Waals surface area contributed by atoms with Crippen molar-refractivity contribution in [1.82, 2.24) is 14.5 Å². The van der Waals surface area contributed by atoms with Gasteiger partial charge in [0, 0.05) is 31.4 Å². The van der Waals surface area contributed by atoms with Crippen LogP contribution in [0.2, 0.25) is 0 Å². The highest BCUT2D eigenvalue weighted by molar-refractivity contribution is 6.17. The molecule has 0 fully saturated rings. The number of fused-ring (bicyclic) bond motifs is 1. The summed E-state index contributed by atoms with van der Waals surface area (Å²) < 4.78 is 2.19. The van der Waals surface area contributed by atoms with Crippen LogP contribution in [-0.2, 0) is 13.0 Å². The van der Waals surface area contributed by atoms with Crippen molar-refractivity contribution in [3.63, 3.8) is 0 Å². The van der Waals surface area contributed by atoms with Crippen molar-refractivity contribution < 1.29 is 0 Å². The third-order valence-corrected chi connectivity index (χ3v) is 4.04. The molecule has 0 saturated carbocycles. The van der Waals surface area contributed by atoms with Gasteiger partial charge in [0.05, 0.1) is 11.1 Å². The second kappa shape index (κ2) is 6.93. The van der Waals surface area contributed by atoms with Crippen LogP contribution in [0.1, 0.15) is 25.2 Å². The van der Waals surface area contributed by atoms with Crippen LogP contribution in [0.25, 0.3) is 11.0 Å². The number of alkyl halides is 1. The summed E-state index contributed by atoms with van der Waals surface area (Å²) in [6.07, 6.45) is 0.715. The Labute approximate surface area is 130 Å². The lowest BCUT2D eigenvalue weighted by Gasteiger charge is -2.21. The average molecular weight is 305 g/mol. The van der Waals surface area contributed by atoms with E-state index in [4.69, 9.17) is 11.6 Å². The molecule has 2 rings (SSSR count). The summed E-state index contributed by atoms with van der Waals surface area (Å²) in [7, 11) is 2.12. The Kier molecular flexibility index (Phi) is 5.22. The summed E-state index contributed by atoms with van der Waals surface area (Å²) in [5.74, 6) is 1.49. The summed E-state index contributed by atoms with van der Waals surface area (Å²) in [6, 6.07) is 8.47. The number of hydrogen-bond acceptors (Lipinski definition) is 3. The predicted octanol–water partition coefficient (Wildman–Crippen LogP) is 3.03. The molecule has 0 atom stereocenters. The van der Waals surface area contributed by atoms with Gasteiger partial charge in [0.2, 0.25) is 0 Å². The van der Waals surface area contributed by atoms with Crippen LogP contribution in [0.3, 0.4) is 0 Å². The molecule has 0 unspecified atom stereocenters. The smallest absolute Gasteiger partial charge is 0.111 e. The fourth-order valence-corrected chi connectivity index (χ4v) is 2.50. The molecule has 1 heterocycles. The van der Waals surface area contributed by atoms with Crippen LogP contribution in [0.15, 0.2) is 18.2 Å². The molecule has 21 heavy (non-hydrogen) atoms. The van der Waals surface area contributed by atoms with E-state index in [1.54, 1.807) is 0 Å². The monoisotopic (exact) mass is 304 g/mol. The van der Waals surface area contributed by atoms with Gasteiger partial charge in [-0.25, -0.2) is 4.98 Å². The Bertz CT molecular complexity index is 654. The van der Waals surface area contributed by atoms with Gasteiger partial charge in [-0.3, -0.25) is 0 Å². The second-order valence-electron chi connectivity index (χ2n) is 5.48. The molecule has 0 aliphatic rings. The van der Waals surface area contributed by atoms with Crippen LogP contribution in [0.5, 0.6) is 0 Å². The van der Waals surface area contributed by atoms with Gasteiger partial charge in [-0.05, 0) is 33.0 Å². The van der Waals surface area contributed by atoms with Crippen molar-refractivity contribution in [2.24, 2.45) is 0 Å². The molecule has 0 bridgehead atoms. The highest BCUT2D eigenvalue weighted by atomic mass is 35.5. The first kappa shape index (κ1) is 15.8. The molecule has 4 nitrogen and oxygen atoms in total. The van der Waals surface area contributed by atoms with Crippen molar-refractivity contribution in [1.29, 1.82) is 5.26 Å². The molecule has 2 aromatic rings. The SMILES string of the molecule is CC(C)N(C)CCn1c(CCCl)nc2c(C#N)cccc21. The number of nitriles is 1. The zero-order chi connectivity index (χ0) is 15.4. The van der Waals surface area contributed by atoms with E-state index in [0.717, 1.165) is 29.9 Å². The fraction of sp³-hybridized carbons (Fsp3) is 0.500. The summed E-state index contributed by atoms with van der Waals surface area (Å²) in [5, 5.41) is 9.22. The first-order valence-corrected chi connectivity index (χ1v) is 7.76. The van der Waals surface area contributed by atoms with Crippen molar-refractivity contribution in [3.8, 4) is 6.07 Å². The zero-order valence-electron chi connectivity index (χ0n) is 12.8. The molecule has 0 saturated heterocycles. The van der Waals surface area contributed by atoms with E-state index in [0.29, 0.717) is 23.9 Å². The molecular formula is C16H21ClN4. The third kappa shape index (κ3) is 3.37. The molecule has 1 aromatic heterocycles. The lowest BCUT2D eigenvalue weighted by molar-refractivity contribution is 0.263. The maximum Gasteiger partial charge on any atom is 0.111 e. The molecule has 5 heteroatoms. The minimum atomic E-state index is 0.505. The quantitative estimate of drug-likeness (QED) is 0.771. The molecule has 0 aliphatic carbocycles. The van der Waals surface area contributed by atoms with Gasteiger partial charge in [0.1, 0.15) is 17.4 Å². The molecule has 0 radical (unpaired) electrons. The van der Waals surface area contributed by atoms with E-state index < -0.39 is 0 Å². The van der Waals surface area contributed by atoms with E-state index in [2.05, 4.69) is 41.4 Å². The molecule has 1 aromatic carbocycles. The number of likely N-dealkylation sites (N-methyl/N-ethyl adjacent to an activating group) is 1. The van der Waals surface area contributed by atoms with Gasteiger partial charge in [-0.1, -0.05) is 6.07 Å². The average Bonchev–Trinajstić information content (AvgIpc) is 2.82. The second-order valence-corrected chi connectivity index (χ2v) is 5.86. The minimum absolute atomic E-state index is 0.505. The third-order valence-electron chi connectivity index (χ3n) is 3.85. The number of imidazole rings is 1. The number of aromatic nitrogens is 2. The zero-order valence-corrected chi connectivity index (χ0v) is 13.6. The molecule has 0 N–H and O–H groups in total. The minimum Gasteiger partial charge on any atom is -0.327 e. The van der Waals surface area contributed by atoms with Gasteiger partial charge in [-0.15, -0.1) is 11.6 Å². The van der Waals surface area contributed by atoms with E-state index >= 15 is 0 Å². The molecule has 0 amide bonds. The first-order chi connectivity index (χ1) is 10.1. The van der Waals surface area contributed by atoms with Gasteiger partial charge >= 0.3 is 0 Å².